The number of carbonyl (C=O) groups is 1. The second-order valence-corrected chi connectivity index (χ2v) is 5.28. The second kappa shape index (κ2) is 5.55. The SMILES string of the molecule is CC(C)SCc1ncc(C(=O)O)c(C(F)(F)F)n1. The number of rotatable bonds is 4. The van der Waals surface area contributed by atoms with E-state index in [-0.39, 0.29) is 16.8 Å². The minimum Gasteiger partial charge on any atom is -0.478 e. The number of aromatic carboxylic acids is 1. The first-order valence-electron chi connectivity index (χ1n) is 5.00. The predicted molar refractivity (Wildman–Crippen MR) is 60.4 cm³/mol. The average molecular weight is 280 g/mol. The van der Waals surface area contributed by atoms with E-state index in [1.807, 2.05) is 13.8 Å². The standard InChI is InChI=1S/C10H11F3N2O2S/c1-5(2)18-4-7-14-3-6(9(16)17)8(15-7)10(11,12)13/h3,5H,4H2,1-2H3,(H,16,17). The average Bonchev–Trinajstić information content (AvgIpc) is 2.24. The highest BCUT2D eigenvalue weighted by Crippen LogP contribution is 2.30. The normalized spacial score (nSPS) is 11.9. The number of thioether (sulfide) groups is 1. The van der Waals surface area contributed by atoms with Gasteiger partial charge in [-0.25, -0.2) is 14.8 Å². The minimum absolute atomic E-state index is 0.0222. The van der Waals surface area contributed by atoms with Gasteiger partial charge in [-0.2, -0.15) is 24.9 Å². The molecule has 0 aromatic carbocycles. The van der Waals surface area contributed by atoms with Gasteiger partial charge in [-0.3, -0.25) is 0 Å². The van der Waals surface area contributed by atoms with Crippen LogP contribution in [0.4, 0.5) is 13.2 Å². The van der Waals surface area contributed by atoms with E-state index in [1.165, 1.54) is 11.8 Å². The molecule has 0 aliphatic carbocycles. The van der Waals surface area contributed by atoms with Crippen molar-refractivity contribution in [1.82, 2.24) is 9.97 Å². The Kier molecular flexibility index (Phi) is 4.55. The van der Waals surface area contributed by atoms with Gasteiger partial charge in [0, 0.05) is 6.20 Å². The molecular formula is C10H11F3N2O2S. The summed E-state index contributed by atoms with van der Waals surface area (Å²) in [5.41, 5.74) is -2.33. The maximum absolute atomic E-state index is 12.6. The summed E-state index contributed by atoms with van der Waals surface area (Å²) in [4.78, 5) is 17.6. The fourth-order valence-electron chi connectivity index (χ4n) is 1.10. The van der Waals surface area contributed by atoms with Crippen LogP contribution in [0.25, 0.3) is 0 Å². The number of alkyl halides is 3. The summed E-state index contributed by atoms with van der Waals surface area (Å²) in [7, 11) is 0. The van der Waals surface area contributed by atoms with Crippen molar-refractivity contribution in [1.29, 1.82) is 0 Å². The van der Waals surface area contributed by atoms with E-state index in [4.69, 9.17) is 5.11 Å². The number of aromatic nitrogens is 2. The van der Waals surface area contributed by atoms with E-state index in [9.17, 15) is 18.0 Å². The number of hydrogen-bond donors (Lipinski definition) is 1. The van der Waals surface area contributed by atoms with Gasteiger partial charge in [-0.15, -0.1) is 0 Å². The maximum Gasteiger partial charge on any atom is 0.434 e. The van der Waals surface area contributed by atoms with Gasteiger partial charge in [0.05, 0.1) is 5.75 Å². The largest absolute Gasteiger partial charge is 0.478 e. The number of nitrogens with zero attached hydrogens (tertiary/aromatic N) is 2. The Morgan fingerprint density at radius 2 is 2.11 bits per heavy atom. The quantitative estimate of drug-likeness (QED) is 0.918. The molecule has 1 rings (SSSR count). The van der Waals surface area contributed by atoms with Crippen LogP contribution in [-0.4, -0.2) is 26.3 Å². The van der Waals surface area contributed by atoms with Gasteiger partial charge in [0.2, 0.25) is 0 Å². The van der Waals surface area contributed by atoms with Crippen molar-refractivity contribution in [3.05, 3.63) is 23.3 Å². The Labute approximate surface area is 106 Å². The predicted octanol–water partition coefficient (Wildman–Crippen LogP) is 2.84. The van der Waals surface area contributed by atoms with Crippen LogP contribution in [0.15, 0.2) is 6.20 Å². The summed E-state index contributed by atoms with van der Waals surface area (Å²) < 4.78 is 37.9. The maximum atomic E-state index is 12.6. The molecule has 0 fully saturated rings. The van der Waals surface area contributed by atoms with Crippen molar-refractivity contribution in [2.24, 2.45) is 0 Å². The lowest BCUT2D eigenvalue weighted by atomic mass is 10.2. The molecule has 1 aromatic rings. The molecule has 4 nitrogen and oxygen atoms in total. The molecule has 0 saturated carbocycles. The summed E-state index contributed by atoms with van der Waals surface area (Å²) in [5.74, 6) is -1.50. The molecule has 1 aromatic heterocycles. The van der Waals surface area contributed by atoms with E-state index in [0.29, 0.717) is 6.20 Å². The van der Waals surface area contributed by atoms with Crippen molar-refractivity contribution < 1.29 is 23.1 Å². The summed E-state index contributed by atoms with van der Waals surface area (Å²) >= 11 is 1.38. The molecule has 0 aliphatic heterocycles. The highest BCUT2D eigenvalue weighted by atomic mass is 32.2. The van der Waals surface area contributed by atoms with Crippen LogP contribution in [0, 0.1) is 0 Å². The van der Waals surface area contributed by atoms with Gasteiger partial charge in [0.1, 0.15) is 11.4 Å². The highest BCUT2D eigenvalue weighted by Gasteiger charge is 2.38. The molecule has 8 heteroatoms. The molecule has 18 heavy (non-hydrogen) atoms. The second-order valence-electron chi connectivity index (χ2n) is 3.71. The molecule has 0 bridgehead atoms. The van der Waals surface area contributed by atoms with Crippen LogP contribution >= 0.6 is 11.8 Å². The zero-order valence-corrected chi connectivity index (χ0v) is 10.5. The van der Waals surface area contributed by atoms with E-state index < -0.39 is 23.4 Å². The summed E-state index contributed by atoms with van der Waals surface area (Å²) in [5, 5.41) is 8.88. The molecule has 0 amide bonds. The zero-order chi connectivity index (χ0) is 13.9. The minimum atomic E-state index is -4.80. The van der Waals surface area contributed by atoms with Crippen molar-refractivity contribution in [2.75, 3.05) is 0 Å². The molecule has 0 aliphatic rings. The molecule has 0 spiro atoms. The van der Waals surface area contributed by atoms with E-state index in [0.717, 1.165) is 0 Å². The summed E-state index contributed by atoms with van der Waals surface area (Å²) in [6.45, 7) is 3.78. The monoisotopic (exact) mass is 280 g/mol. The Bertz CT molecular complexity index is 449. The lowest BCUT2D eigenvalue weighted by molar-refractivity contribution is -0.141. The molecule has 100 valence electrons. The molecular weight excluding hydrogens is 269 g/mol. The van der Waals surface area contributed by atoms with Crippen LogP contribution in [0.5, 0.6) is 0 Å². The lowest BCUT2D eigenvalue weighted by Crippen LogP contribution is -2.17. The van der Waals surface area contributed by atoms with E-state index in [2.05, 4.69) is 9.97 Å². The fourth-order valence-corrected chi connectivity index (χ4v) is 1.72. The van der Waals surface area contributed by atoms with Gasteiger partial charge in [0.15, 0.2) is 5.69 Å². The van der Waals surface area contributed by atoms with Crippen LogP contribution in [0.2, 0.25) is 0 Å². The van der Waals surface area contributed by atoms with Crippen LogP contribution in [0.1, 0.15) is 35.7 Å². The first-order chi connectivity index (χ1) is 8.21. The summed E-state index contributed by atoms with van der Waals surface area (Å²) in [6.07, 6.45) is -4.09. The smallest absolute Gasteiger partial charge is 0.434 e. The molecule has 0 atom stereocenters. The van der Waals surface area contributed by atoms with Crippen molar-refractivity contribution in [2.45, 2.75) is 31.0 Å². The summed E-state index contributed by atoms with van der Waals surface area (Å²) in [6, 6.07) is 0. The third kappa shape index (κ3) is 3.86. The fraction of sp³-hybridized carbons (Fsp3) is 0.500. The Morgan fingerprint density at radius 3 is 2.56 bits per heavy atom. The van der Waals surface area contributed by atoms with Gasteiger partial charge < -0.3 is 5.11 Å². The Morgan fingerprint density at radius 1 is 1.50 bits per heavy atom. The van der Waals surface area contributed by atoms with Gasteiger partial charge in [-0.05, 0) is 5.25 Å². The first-order valence-corrected chi connectivity index (χ1v) is 6.04. The number of carboxylic acids is 1. The number of halogens is 3. The van der Waals surface area contributed by atoms with E-state index >= 15 is 0 Å². The molecule has 1 N–H and O–H groups in total. The number of carboxylic acid groups (broad SMARTS) is 1. The molecule has 1 heterocycles. The third-order valence-electron chi connectivity index (χ3n) is 1.88. The van der Waals surface area contributed by atoms with Crippen molar-refractivity contribution >= 4 is 17.7 Å². The molecule has 0 saturated heterocycles. The Balaban J connectivity index is 3.10. The first kappa shape index (κ1) is 14.7. The van der Waals surface area contributed by atoms with Crippen LogP contribution in [-0.2, 0) is 11.9 Å². The van der Waals surface area contributed by atoms with Crippen molar-refractivity contribution in [3.63, 3.8) is 0 Å². The van der Waals surface area contributed by atoms with Gasteiger partial charge in [-0.1, -0.05) is 13.8 Å². The van der Waals surface area contributed by atoms with Gasteiger partial charge in [0.25, 0.3) is 0 Å². The van der Waals surface area contributed by atoms with Crippen LogP contribution in [0.3, 0.4) is 0 Å². The Hall–Kier alpha value is -1.31. The zero-order valence-electron chi connectivity index (χ0n) is 9.65. The van der Waals surface area contributed by atoms with Crippen molar-refractivity contribution in [3.8, 4) is 0 Å². The molecule has 0 unspecified atom stereocenters. The topological polar surface area (TPSA) is 63.1 Å². The highest BCUT2D eigenvalue weighted by molar-refractivity contribution is 7.99. The number of hydrogen-bond acceptors (Lipinski definition) is 4. The lowest BCUT2D eigenvalue weighted by Gasteiger charge is -2.10. The van der Waals surface area contributed by atoms with E-state index in [1.54, 1.807) is 0 Å². The van der Waals surface area contributed by atoms with Crippen LogP contribution < -0.4 is 0 Å². The molecule has 0 radical (unpaired) electrons. The van der Waals surface area contributed by atoms with Gasteiger partial charge >= 0.3 is 12.1 Å². The third-order valence-corrected chi connectivity index (χ3v) is 2.97.